The van der Waals surface area contributed by atoms with Crippen molar-refractivity contribution in [2.45, 2.75) is 13.0 Å². The third-order valence-electron chi connectivity index (χ3n) is 5.13. The molecule has 1 N–H and O–H groups in total. The summed E-state index contributed by atoms with van der Waals surface area (Å²) < 4.78 is 12.1. The molecular formula is C26H27NO3. The number of hydrogen-bond acceptors (Lipinski definition) is 4. The summed E-state index contributed by atoms with van der Waals surface area (Å²) in [5, 5.41) is 10.1. The van der Waals surface area contributed by atoms with Crippen LogP contribution in [0.15, 0.2) is 78.4 Å². The van der Waals surface area contributed by atoms with Gasteiger partial charge in [-0.1, -0.05) is 42.5 Å². The van der Waals surface area contributed by atoms with E-state index in [0.29, 0.717) is 13.2 Å². The molecule has 0 saturated heterocycles. The topological polar surface area (TPSA) is 41.9 Å². The average molecular weight is 402 g/mol. The van der Waals surface area contributed by atoms with E-state index in [1.807, 2.05) is 48.5 Å². The standard InChI is InChI=1S/C26H27NO3/c1-27(2)17-21-13-14-29-25-16-23(30-18-19-7-4-3-5-8-19)11-12-24(25)26(21)20-9-6-10-22(28)15-20/h3-12,15-16,28H,13-14,17-18H2,1-2H3. The Hall–Kier alpha value is -3.24. The lowest BCUT2D eigenvalue weighted by Gasteiger charge is -2.18. The number of aromatic hydroxyl groups is 1. The molecule has 0 atom stereocenters. The molecule has 4 heteroatoms. The van der Waals surface area contributed by atoms with Crippen molar-refractivity contribution in [3.63, 3.8) is 0 Å². The average Bonchev–Trinajstić information content (AvgIpc) is 2.91. The van der Waals surface area contributed by atoms with Gasteiger partial charge in [-0.15, -0.1) is 0 Å². The molecule has 0 saturated carbocycles. The van der Waals surface area contributed by atoms with Crippen LogP contribution in [-0.2, 0) is 6.61 Å². The zero-order chi connectivity index (χ0) is 20.9. The first kappa shape index (κ1) is 20.0. The molecule has 1 aliphatic heterocycles. The van der Waals surface area contributed by atoms with Gasteiger partial charge in [0.25, 0.3) is 0 Å². The molecule has 0 unspecified atom stereocenters. The Bertz CT molecular complexity index is 1040. The third kappa shape index (κ3) is 4.66. The summed E-state index contributed by atoms with van der Waals surface area (Å²) in [4.78, 5) is 2.17. The van der Waals surface area contributed by atoms with Crippen molar-refractivity contribution < 1.29 is 14.6 Å². The van der Waals surface area contributed by atoms with Crippen LogP contribution in [0, 0.1) is 0 Å². The Morgan fingerprint density at radius 3 is 2.57 bits per heavy atom. The molecule has 0 radical (unpaired) electrons. The molecular weight excluding hydrogens is 374 g/mol. The zero-order valence-electron chi connectivity index (χ0n) is 17.5. The molecule has 3 aromatic carbocycles. The Labute approximate surface area is 178 Å². The van der Waals surface area contributed by atoms with E-state index in [1.54, 1.807) is 6.07 Å². The lowest BCUT2D eigenvalue weighted by molar-refractivity contribution is 0.295. The van der Waals surface area contributed by atoms with E-state index < -0.39 is 0 Å². The Morgan fingerprint density at radius 1 is 0.967 bits per heavy atom. The molecule has 4 rings (SSSR count). The van der Waals surface area contributed by atoms with Gasteiger partial charge in [-0.3, -0.25) is 0 Å². The van der Waals surface area contributed by atoms with Gasteiger partial charge in [0.05, 0.1) is 6.61 Å². The lowest BCUT2D eigenvalue weighted by atomic mass is 9.91. The van der Waals surface area contributed by atoms with Crippen LogP contribution in [-0.4, -0.2) is 37.3 Å². The summed E-state index contributed by atoms with van der Waals surface area (Å²) in [6.07, 6.45) is 0.831. The van der Waals surface area contributed by atoms with Gasteiger partial charge in [-0.2, -0.15) is 0 Å². The van der Waals surface area contributed by atoms with Crippen LogP contribution in [0.3, 0.4) is 0 Å². The second-order valence-electron chi connectivity index (χ2n) is 7.80. The van der Waals surface area contributed by atoms with Crippen molar-refractivity contribution in [3.8, 4) is 17.2 Å². The van der Waals surface area contributed by atoms with E-state index in [2.05, 4.69) is 37.2 Å². The number of likely N-dealkylation sites (N-methyl/N-ethyl adjacent to an activating group) is 1. The van der Waals surface area contributed by atoms with E-state index in [9.17, 15) is 5.11 Å². The SMILES string of the molecule is CN(C)CC1=C(c2cccc(O)c2)c2ccc(OCc3ccccc3)cc2OCC1. The van der Waals surface area contributed by atoms with Crippen molar-refractivity contribution in [2.75, 3.05) is 27.2 Å². The minimum absolute atomic E-state index is 0.263. The smallest absolute Gasteiger partial charge is 0.130 e. The molecule has 0 bridgehead atoms. The van der Waals surface area contributed by atoms with E-state index >= 15 is 0 Å². The van der Waals surface area contributed by atoms with Crippen LogP contribution in [0.25, 0.3) is 5.57 Å². The molecule has 0 fully saturated rings. The molecule has 30 heavy (non-hydrogen) atoms. The first-order valence-electron chi connectivity index (χ1n) is 10.2. The number of hydrogen-bond donors (Lipinski definition) is 1. The molecule has 0 amide bonds. The maximum atomic E-state index is 10.1. The van der Waals surface area contributed by atoms with Crippen LogP contribution in [0.5, 0.6) is 17.2 Å². The summed E-state index contributed by atoms with van der Waals surface area (Å²) >= 11 is 0. The monoisotopic (exact) mass is 401 g/mol. The summed E-state index contributed by atoms with van der Waals surface area (Å²) in [5.41, 5.74) is 5.57. The largest absolute Gasteiger partial charge is 0.508 e. The van der Waals surface area contributed by atoms with Crippen molar-refractivity contribution in [2.24, 2.45) is 0 Å². The second-order valence-corrected chi connectivity index (χ2v) is 7.80. The number of benzene rings is 3. The number of phenolic OH excluding ortho intramolecular Hbond substituents is 1. The Morgan fingerprint density at radius 2 is 1.80 bits per heavy atom. The molecule has 3 aromatic rings. The fraction of sp³-hybridized carbons (Fsp3) is 0.231. The van der Waals surface area contributed by atoms with Gasteiger partial charge in [0, 0.05) is 24.6 Å². The van der Waals surface area contributed by atoms with Crippen molar-refractivity contribution in [1.29, 1.82) is 0 Å². The van der Waals surface area contributed by atoms with Crippen LogP contribution in [0.2, 0.25) is 0 Å². The maximum absolute atomic E-state index is 10.1. The number of rotatable bonds is 6. The Balaban J connectivity index is 1.71. The van der Waals surface area contributed by atoms with Gasteiger partial charge < -0.3 is 19.5 Å². The summed E-state index contributed by atoms with van der Waals surface area (Å²) in [5.74, 6) is 1.86. The van der Waals surface area contributed by atoms with Gasteiger partial charge in [0.2, 0.25) is 0 Å². The highest BCUT2D eigenvalue weighted by atomic mass is 16.5. The highest BCUT2D eigenvalue weighted by Gasteiger charge is 2.21. The predicted molar refractivity (Wildman–Crippen MR) is 120 cm³/mol. The van der Waals surface area contributed by atoms with Crippen molar-refractivity contribution in [3.05, 3.63) is 95.1 Å². The van der Waals surface area contributed by atoms with Gasteiger partial charge in [-0.25, -0.2) is 0 Å². The van der Waals surface area contributed by atoms with Crippen LogP contribution < -0.4 is 9.47 Å². The number of fused-ring (bicyclic) bond motifs is 1. The fourth-order valence-electron chi connectivity index (χ4n) is 3.82. The van der Waals surface area contributed by atoms with E-state index in [0.717, 1.165) is 46.7 Å². The van der Waals surface area contributed by atoms with Gasteiger partial charge in [0.1, 0.15) is 23.9 Å². The molecule has 0 aliphatic carbocycles. The first-order chi connectivity index (χ1) is 14.6. The molecule has 1 aliphatic rings. The van der Waals surface area contributed by atoms with Crippen molar-refractivity contribution >= 4 is 5.57 Å². The fourth-order valence-corrected chi connectivity index (χ4v) is 3.82. The zero-order valence-corrected chi connectivity index (χ0v) is 17.5. The number of phenols is 1. The van der Waals surface area contributed by atoms with Crippen LogP contribution >= 0.6 is 0 Å². The highest BCUT2D eigenvalue weighted by molar-refractivity contribution is 5.86. The minimum Gasteiger partial charge on any atom is -0.508 e. The van der Waals surface area contributed by atoms with Crippen molar-refractivity contribution in [1.82, 2.24) is 4.90 Å². The summed E-state index contributed by atoms with van der Waals surface area (Å²) in [7, 11) is 4.14. The second kappa shape index (κ2) is 9.06. The molecule has 0 aromatic heterocycles. The number of ether oxygens (including phenoxy) is 2. The normalized spacial score (nSPS) is 13.6. The predicted octanol–water partition coefficient (Wildman–Crippen LogP) is 5.12. The summed E-state index contributed by atoms with van der Waals surface area (Å²) in [6.45, 7) is 1.96. The minimum atomic E-state index is 0.263. The molecule has 1 heterocycles. The molecule has 154 valence electrons. The lowest BCUT2D eigenvalue weighted by Crippen LogP contribution is -2.17. The third-order valence-corrected chi connectivity index (χ3v) is 5.13. The van der Waals surface area contributed by atoms with E-state index in [4.69, 9.17) is 9.47 Å². The Kier molecular flexibility index (Phi) is 6.05. The first-order valence-corrected chi connectivity index (χ1v) is 10.2. The van der Waals surface area contributed by atoms with E-state index in [-0.39, 0.29) is 5.75 Å². The van der Waals surface area contributed by atoms with Crippen LogP contribution in [0.4, 0.5) is 0 Å². The van der Waals surface area contributed by atoms with Gasteiger partial charge >= 0.3 is 0 Å². The highest BCUT2D eigenvalue weighted by Crippen LogP contribution is 2.39. The summed E-state index contributed by atoms with van der Waals surface area (Å²) in [6, 6.07) is 23.6. The molecule has 0 spiro atoms. The quantitative estimate of drug-likeness (QED) is 0.623. The van der Waals surface area contributed by atoms with Gasteiger partial charge in [-0.05, 0) is 60.6 Å². The van der Waals surface area contributed by atoms with E-state index in [1.165, 1.54) is 5.57 Å². The molecule has 4 nitrogen and oxygen atoms in total. The maximum Gasteiger partial charge on any atom is 0.130 e. The van der Waals surface area contributed by atoms with Crippen LogP contribution in [0.1, 0.15) is 23.1 Å². The van der Waals surface area contributed by atoms with Gasteiger partial charge in [0.15, 0.2) is 0 Å². The number of nitrogens with zero attached hydrogens (tertiary/aromatic N) is 1.